The Bertz CT molecular complexity index is 840. The van der Waals surface area contributed by atoms with Crippen molar-refractivity contribution in [1.82, 2.24) is 15.1 Å². The van der Waals surface area contributed by atoms with E-state index in [0.717, 1.165) is 17.7 Å². The molecule has 24 heavy (non-hydrogen) atoms. The summed E-state index contributed by atoms with van der Waals surface area (Å²) in [5.41, 5.74) is 3.87. The van der Waals surface area contributed by atoms with E-state index in [9.17, 15) is 4.79 Å². The maximum Gasteiger partial charge on any atom is 0.252 e. The lowest BCUT2D eigenvalue weighted by Crippen LogP contribution is -2.25. The van der Waals surface area contributed by atoms with E-state index in [1.165, 1.54) is 5.56 Å². The first kappa shape index (κ1) is 16.3. The third-order valence-electron chi connectivity index (χ3n) is 3.89. The molecule has 0 aliphatic carbocycles. The first-order chi connectivity index (χ1) is 11.6. The molecule has 4 nitrogen and oxygen atoms in total. The van der Waals surface area contributed by atoms with Crippen molar-refractivity contribution in [2.24, 2.45) is 7.05 Å². The van der Waals surface area contributed by atoms with Gasteiger partial charge in [0.15, 0.2) is 0 Å². The minimum atomic E-state index is -0.146. The smallest absolute Gasteiger partial charge is 0.252 e. The largest absolute Gasteiger partial charge is 0.352 e. The topological polar surface area (TPSA) is 46.9 Å². The maximum absolute atomic E-state index is 12.1. The van der Waals surface area contributed by atoms with Crippen LogP contribution in [0.15, 0.2) is 60.8 Å². The van der Waals surface area contributed by atoms with E-state index in [1.54, 1.807) is 24.4 Å². The zero-order valence-corrected chi connectivity index (χ0v) is 14.1. The van der Waals surface area contributed by atoms with Crippen molar-refractivity contribution in [1.29, 1.82) is 0 Å². The van der Waals surface area contributed by atoms with E-state index in [1.807, 2.05) is 23.9 Å². The fourth-order valence-corrected chi connectivity index (χ4v) is 2.78. The molecular weight excluding hydrogens is 322 g/mol. The normalized spacial score (nSPS) is 10.6. The lowest BCUT2D eigenvalue weighted by Gasteiger charge is -2.08. The quantitative estimate of drug-likeness (QED) is 0.770. The fraction of sp³-hybridized carbons (Fsp3) is 0.158. The number of carbonyl (C=O) groups is 1. The van der Waals surface area contributed by atoms with Crippen LogP contribution in [0.4, 0.5) is 0 Å². The van der Waals surface area contributed by atoms with Gasteiger partial charge < -0.3 is 5.32 Å². The minimum Gasteiger partial charge on any atom is -0.352 e. The Kier molecular flexibility index (Phi) is 4.96. The molecule has 0 bridgehead atoms. The molecule has 1 N–H and O–H groups in total. The zero-order valence-electron chi connectivity index (χ0n) is 13.4. The van der Waals surface area contributed by atoms with Crippen LogP contribution in [0, 0.1) is 0 Å². The van der Waals surface area contributed by atoms with Crippen molar-refractivity contribution in [2.45, 2.75) is 6.42 Å². The van der Waals surface area contributed by atoms with Gasteiger partial charge in [0, 0.05) is 19.8 Å². The molecular formula is C19H18ClN3O. The van der Waals surface area contributed by atoms with Gasteiger partial charge in [-0.25, -0.2) is 0 Å². The van der Waals surface area contributed by atoms with Gasteiger partial charge in [0.2, 0.25) is 0 Å². The summed E-state index contributed by atoms with van der Waals surface area (Å²) >= 11 is 6.03. The predicted octanol–water partition coefficient (Wildman–Crippen LogP) is 3.71. The van der Waals surface area contributed by atoms with Crippen LogP contribution in [0.2, 0.25) is 5.02 Å². The monoisotopic (exact) mass is 339 g/mol. The second-order valence-electron chi connectivity index (χ2n) is 5.52. The van der Waals surface area contributed by atoms with Crippen molar-refractivity contribution in [3.63, 3.8) is 0 Å². The van der Waals surface area contributed by atoms with Crippen LogP contribution < -0.4 is 5.32 Å². The van der Waals surface area contributed by atoms with E-state index < -0.39 is 0 Å². The average Bonchev–Trinajstić information content (AvgIpc) is 3.02. The third-order valence-corrected chi connectivity index (χ3v) is 4.22. The van der Waals surface area contributed by atoms with Crippen LogP contribution in [-0.4, -0.2) is 22.2 Å². The number of hydrogen-bond donors (Lipinski definition) is 1. The van der Waals surface area contributed by atoms with Gasteiger partial charge in [-0.3, -0.25) is 9.48 Å². The highest BCUT2D eigenvalue weighted by Gasteiger charge is 2.08. The van der Waals surface area contributed by atoms with Gasteiger partial charge in [-0.05, 0) is 35.7 Å². The average molecular weight is 340 g/mol. The SMILES string of the molecule is Cn1nccc1-c1ccc(CCNC(=O)c2ccccc2Cl)cc1. The van der Waals surface area contributed by atoms with E-state index >= 15 is 0 Å². The number of rotatable bonds is 5. The van der Waals surface area contributed by atoms with Crippen LogP contribution in [0.25, 0.3) is 11.3 Å². The van der Waals surface area contributed by atoms with E-state index in [0.29, 0.717) is 17.1 Å². The minimum absolute atomic E-state index is 0.146. The van der Waals surface area contributed by atoms with Gasteiger partial charge in [-0.15, -0.1) is 0 Å². The van der Waals surface area contributed by atoms with Crippen LogP contribution in [-0.2, 0) is 13.5 Å². The Labute approximate surface area is 146 Å². The zero-order chi connectivity index (χ0) is 16.9. The first-order valence-electron chi connectivity index (χ1n) is 7.75. The molecule has 0 aliphatic heterocycles. The first-order valence-corrected chi connectivity index (χ1v) is 8.13. The second kappa shape index (κ2) is 7.32. The number of hydrogen-bond acceptors (Lipinski definition) is 2. The van der Waals surface area contributed by atoms with Gasteiger partial charge in [0.05, 0.1) is 16.3 Å². The molecule has 2 aromatic carbocycles. The van der Waals surface area contributed by atoms with Gasteiger partial charge in [-0.2, -0.15) is 5.10 Å². The van der Waals surface area contributed by atoms with Gasteiger partial charge >= 0.3 is 0 Å². The van der Waals surface area contributed by atoms with Crippen molar-refractivity contribution in [2.75, 3.05) is 6.54 Å². The van der Waals surface area contributed by atoms with Crippen molar-refractivity contribution < 1.29 is 4.79 Å². The van der Waals surface area contributed by atoms with Gasteiger partial charge in [0.1, 0.15) is 0 Å². The highest BCUT2D eigenvalue weighted by Crippen LogP contribution is 2.19. The Hall–Kier alpha value is -2.59. The molecule has 0 fully saturated rings. The standard InChI is InChI=1S/C19H18ClN3O/c1-23-18(11-13-22-23)15-8-6-14(7-9-15)10-12-21-19(24)16-4-2-3-5-17(16)20/h2-9,11,13H,10,12H2,1H3,(H,21,24). The Balaban J connectivity index is 1.57. The maximum atomic E-state index is 12.1. The Morgan fingerprint density at radius 1 is 1.12 bits per heavy atom. The van der Waals surface area contributed by atoms with Crippen molar-refractivity contribution in [3.8, 4) is 11.3 Å². The lowest BCUT2D eigenvalue weighted by atomic mass is 10.1. The highest BCUT2D eigenvalue weighted by molar-refractivity contribution is 6.33. The molecule has 0 saturated carbocycles. The van der Waals surface area contributed by atoms with Crippen LogP contribution in [0.1, 0.15) is 15.9 Å². The molecule has 122 valence electrons. The molecule has 1 heterocycles. The molecule has 0 saturated heterocycles. The molecule has 0 radical (unpaired) electrons. The summed E-state index contributed by atoms with van der Waals surface area (Å²) in [6.45, 7) is 0.565. The molecule has 0 atom stereocenters. The van der Waals surface area contributed by atoms with E-state index in [-0.39, 0.29) is 5.91 Å². The molecule has 0 spiro atoms. The number of amides is 1. The number of benzene rings is 2. The van der Waals surface area contributed by atoms with Crippen molar-refractivity contribution >= 4 is 17.5 Å². The Morgan fingerprint density at radius 2 is 1.88 bits per heavy atom. The lowest BCUT2D eigenvalue weighted by molar-refractivity contribution is 0.0954. The van der Waals surface area contributed by atoms with Crippen molar-refractivity contribution in [3.05, 3.63) is 76.9 Å². The fourth-order valence-electron chi connectivity index (χ4n) is 2.56. The molecule has 1 aromatic heterocycles. The number of halogens is 1. The molecule has 0 aliphatic rings. The molecule has 3 rings (SSSR count). The molecule has 0 unspecified atom stereocenters. The van der Waals surface area contributed by atoms with Crippen LogP contribution in [0.5, 0.6) is 0 Å². The predicted molar refractivity (Wildman–Crippen MR) is 96.1 cm³/mol. The molecule has 5 heteroatoms. The molecule has 3 aromatic rings. The molecule has 1 amide bonds. The van der Waals surface area contributed by atoms with Gasteiger partial charge in [-0.1, -0.05) is 48.0 Å². The van der Waals surface area contributed by atoms with E-state index in [4.69, 9.17) is 11.6 Å². The second-order valence-corrected chi connectivity index (χ2v) is 5.93. The number of nitrogens with zero attached hydrogens (tertiary/aromatic N) is 2. The number of nitrogens with one attached hydrogen (secondary N) is 1. The summed E-state index contributed by atoms with van der Waals surface area (Å²) < 4.78 is 1.85. The summed E-state index contributed by atoms with van der Waals surface area (Å²) in [4.78, 5) is 12.1. The van der Waals surface area contributed by atoms with Gasteiger partial charge in [0.25, 0.3) is 5.91 Å². The highest BCUT2D eigenvalue weighted by atomic mass is 35.5. The summed E-state index contributed by atoms with van der Waals surface area (Å²) in [5.74, 6) is -0.146. The number of aromatic nitrogens is 2. The summed E-state index contributed by atoms with van der Waals surface area (Å²) in [6.07, 6.45) is 2.55. The Morgan fingerprint density at radius 3 is 2.54 bits per heavy atom. The summed E-state index contributed by atoms with van der Waals surface area (Å²) in [7, 11) is 1.92. The number of aryl methyl sites for hydroxylation is 1. The number of carbonyl (C=O) groups excluding carboxylic acids is 1. The van der Waals surface area contributed by atoms with E-state index in [2.05, 4.69) is 34.7 Å². The third kappa shape index (κ3) is 3.66. The summed E-state index contributed by atoms with van der Waals surface area (Å²) in [5, 5.41) is 7.55. The van der Waals surface area contributed by atoms with Crippen LogP contribution >= 0.6 is 11.6 Å². The summed E-state index contributed by atoms with van der Waals surface area (Å²) in [6, 6.07) is 17.3. The van der Waals surface area contributed by atoms with Crippen LogP contribution in [0.3, 0.4) is 0 Å².